The Morgan fingerprint density at radius 2 is 2.00 bits per heavy atom. The number of aromatic nitrogens is 1. The first-order chi connectivity index (χ1) is 15.2. The number of unbranched alkanes of at least 4 members (excludes halogenated alkanes) is 1. The lowest BCUT2D eigenvalue weighted by Gasteiger charge is -2.26. The van der Waals surface area contributed by atoms with Gasteiger partial charge in [-0.1, -0.05) is 69.2 Å². The van der Waals surface area contributed by atoms with Gasteiger partial charge in [-0.2, -0.15) is 0 Å². The van der Waals surface area contributed by atoms with E-state index in [4.69, 9.17) is 12.2 Å². The molecule has 4 rings (SSSR count). The molecule has 3 nitrogen and oxygen atoms in total. The highest BCUT2D eigenvalue weighted by molar-refractivity contribution is 7.81. The van der Waals surface area contributed by atoms with Gasteiger partial charge in [0.1, 0.15) is 4.99 Å². The molecule has 0 aliphatic carbocycles. The first-order valence-electron chi connectivity index (χ1n) is 11.6. The Bertz CT molecular complexity index is 1080. The first-order valence-corrected chi connectivity index (χ1v) is 12.0. The molecule has 0 saturated heterocycles. The van der Waals surface area contributed by atoms with Crippen LogP contribution in [0.15, 0.2) is 54.7 Å². The van der Waals surface area contributed by atoms with Gasteiger partial charge in [-0.3, -0.25) is 4.90 Å². The summed E-state index contributed by atoms with van der Waals surface area (Å²) in [6.45, 7) is 7.88. The summed E-state index contributed by atoms with van der Waals surface area (Å²) in [4.78, 5) is 6.81. The molecule has 1 aromatic heterocycles. The van der Waals surface area contributed by atoms with Gasteiger partial charge >= 0.3 is 0 Å². The second kappa shape index (κ2) is 10.3. The zero-order valence-electron chi connectivity index (χ0n) is 18.7. The number of hydrogen-bond donors (Lipinski definition) is 2. The number of nitrogens with zero attached hydrogens (tertiary/aromatic N) is 1. The zero-order valence-corrected chi connectivity index (χ0v) is 19.5. The van der Waals surface area contributed by atoms with Crippen molar-refractivity contribution in [1.82, 2.24) is 9.88 Å². The van der Waals surface area contributed by atoms with Gasteiger partial charge in [0, 0.05) is 47.0 Å². The number of H-pyrrole nitrogens is 1. The summed E-state index contributed by atoms with van der Waals surface area (Å²) in [5.41, 5.74) is 7.44. The van der Waals surface area contributed by atoms with Crippen LogP contribution in [0.25, 0.3) is 16.5 Å². The summed E-state index contributed by atoms with van der Waals surface area (Å²) in [5, 5.41) is 4.76. The molecule has 3 aromatic rings. The average Bonchev–Trinajstić information content (AvgIpc) is 3.22. The molecule has 2 heterocycles. The van der Waals surface area contributed by atoms with Gasteiger partial charge in [0.25, 0.3) is 0 Å². The molecule has 0 atom stereocenters. The second-order valence-corrected chi connectivity index (χ2v) is 8.87. The number of thiocarbonyl (C=S) groups is 1. The predicted molar refractivity (Wildman–Crippen MR) is 138 cm³/mol. The van der Waals surface area contributed by atoms with Crippen LogP contribution >= 0.6 is 12.2 Å². The van der Waals surface area contributed by atoms with Crippen LogP contribution in [0.3, 0.4) is 0 Å². The number of aryl methyl sites for hydroxylation is 1. The maximum atomic E-state index is 5.78. The van der Waals surface area contributed by atoms with Crippen molar-refractivity contribution in [3.63, 3.8) is 0 Å². The maximum Gasteiger partial charge on any atom is 0.111 e. The van der Waals surface area contributed by atoms with Crippen LogP contribution in [0.4, 0.5) is 5.69 Å². The Morgan fingerprint density at radius 3 is 2.77 bits per heavy atom. The van der Waals surface area contributed by atoms with Gasteiger partial charge < -0.3 is 10.3 Å². The molecule has 2 N–H and O–H groups in total. The van der Waals surface area contributed by atoms with E-state index in [1.807, 2.05) is 0 Å². The first kappa shape index (κ1) is 21.8. The normalized spacial score (nSPS) is 14.6. The molecule has 31 heavy (non-hydrogen) atoms. The molecule has 2 aromatic carbocycles. The van der Waals surface area contributed by atoms with Gasteiger partial charge in [-0.25, -0.2) is 0 Å². The molecular formula is C27H33N3S. The van der Waals surface area contributed by atoms with Crippen molar-refractivity contribution >= 4 is 39.4 Å². The Labute approximate surface area is 191 Å². The molecule has 0 spiro atoms. The van der Waals surface area contributed by atoms with Crippen molar-refractivity contribution in [2.24, 2.45) is 0 Å². The number of anilines is 1. The highest BCUT2D eigenvalue weighted by atomic mass is 32.1. The van der Waals surface area contributed by atoms with E-state index < -0.39 is 0 Å². The Hall–Kier alpha value is -2.43. The minimum atomic E-state index is 0.795. The summed E-state index contributed by atoms with van der Waals surface area (Å²) in [5.74, 6) is 0. The number of fused-ring (bicyclic) bond motifs is 1. The molecule has 0 unspecified atom stereocenters. The third kappa shape index (κ3) is 5.08. The summed E-state index contributed by atoms with van der Waals surface area (Å²) in [7, 11) is 0. The monoisotopic (exact) mass is 431 g/mol. The third-order valence-electron chi connectivity index (χ3n) is 6.19. The highest BCUT2D eigenvalue weighted by Gasteiger charge is 2.16. The van der Waals surface area contributed by atoms with E-state index in [1.165, 1.54) is 47.0 Å². The van der Waals surface area contributed by atoms with E-state index in [1.54, 1.807) is 0 Å². The lowest BCUT2D eigenvalue weighted by Crippen LogP contribution is -2.29. The molecule has 4 heteroatoms. The smallest absolute Gasteiger partial charge is 0.111 e. The largest absolute Gasteiger partial charge is 0.361 e. The van der Waals surface area contributed by atoms with Crippen LogP contribution in [0.2, 0.25) is 0 Å². The lowest BCUT2D eigenvalue weighted by atomic mass is 9.98. The quantitative estimate of drug-likeness (QED) is 0.385. The molecule has 162 valence electrons. The van der Waals surface area contributed by atoms with E-state index in [0.29, 0.717) is 0 Å². The summed E-state index contributed by atoms with van der Waals surface area (Å²) >= 11 is 5.78. The summed E-state index contributed by atoms with van der Waals surface area (Å²) in [6, 6.07) is 15.0. The number of aromatic amines is 1. The molecule has 1 aliphatic rings. The van der Waals surface area contributed by atoms with Crippen molar-refractivity contribution in [2.45, 2.75) is 46.0 Å². The molecule has 0 bridgehead atoms. The summed E-state index contributed by atoms with van der Waals surface area (Å²) < 4.78 is 0. The van der Waals surface area contributed by atoms with Crippen LogP contribution in [0, 0.1) is 0 Å². The Morgan fingerprint density at radius 1 is 1.13 bits per heavy atom. The molecule has 0 saturated carbocycles. The molecular weight excluding hydrogens is 398 g/mol. The predicted octanol–water partition coefficient (Wildman–Crippen LogP) is 6.80. The van der Waals surface area contributed by atoms with E-state index in [9.17, 15) is 0 Å². The van der Waals surface area contributed by atoms with Crippen LogP contribution in [-0.4, -0.2) is 34.5 Å². The lowest BCUT2D eigenvalue weighted by molar-refractivity contribution is 0.297. The number of benzene rings is 2. The van der Waals surface area contributed by atoms with Crippen LogP contribution in [0.1, 0.15) is 56.2 Å². The van der Waals surface area contributed by atoms with Crippen molar-refractivity contribution in [3.05, 3.63) is 71.4 Å². The zero-order chi connectivity index (χ0) is 21.6. The van der Waals surface area contributed by atoms with E-state index in [-0.39, 0.29) is 0 Å². The molecule has 0 fully saturated rings. The molecule has 0 amide bonds. The standard InChI is InChI=1S/C27H33N3S/c1-3-5-15-30-16-13-21(14-17-30)25-19-28-26-12-11-22(18-24(25)26)29-27(31)23-10-7-6-9-20(23)8-4-2/h6-7,9-13,18-19,28H,3-5,8,14-17H2,1-2H3,(H,29,31). The van der Waals surface area contributed by atoms with Crippen molar-refractivity contribution < 1.29 is 0 Å². The topological polar surface area (TPSA) is 31.1 Å². The fraction of sp³-hybridized carbons (Fsp3) is 0.370. The van der Waals surface area contributed by atoms with Crippen molar-refractivity contribution in [3.8, 4) is 0 Å². The van der Waals surface area contributed by atoms with Gasteiger partial charge in [0.05, 0.1) is 0 Å². The van der Waals surface area contributed by atoms with E-state index >= 15 is 0 Å². The van der Waals surface area contributed by atoms with E-state index in [0.717, 1.165) is 48.6 Å². The van der Waals surface area contributed by atoms with E-state index in [2.05, 4.69) is 83.8 Å². The SMILES string of the molecule is CCCCN1CC=C(c2c[nH]c3ccc(NC(=S)c4ccccc4CCC)cc23)CC1. The molecule has 1 aliphatic heterocycles. The number of nitrogens with one attached hydrogen (secondary N) is 2. The minimum absolute atomic E-state index is 0.795. The molecule has 0 radical (unpaired) electrons. The van der Waals surface area contributed by atoms with Gasteiger partial charge in [-0.15, -0.1) is 0 Å². The average molecular weight is 432 g/mol. The van der Waals surface area contributed by atoms with Crippen LogP contribution in [-0.2, 0) is 6.42 Å². The third-order valence-corrected chi connectivity index (χ3v) is 6.51. The Kier molecular flexibility index (Phi) is 7.21. The minimum Gasteiger partial charge on any atom is -0.361 e. The van der Waals surface area contributed by atoms with Crippen LogP contribution in [0.5, 0.6) is 0 Å². The van der Waals surface area contributed by atoms with Gasteiger partial charge in [-0.05, 0) is 55.1 Å². The Balaban J connectivity index is 1.54. The summed E-state index contributed by atoms with van der Waals surface area (Å²) in [6.07, 6.45) is 10.4. The van der Waals surface area contributed by atoms with Crippen LogP contribution < -0.4 is 5.32 Å². The number of rotatable bonds is 8. The maximum absolute atomic E-state index is 5.78. The van der Waals surface area contributed by atoms with Gasteiger partial charge in [0.15, 0.2) is 0 Å². The van der Waals surface area contributed by atoms with Crippen molar-refractivity contribution in [2.75, 3.05) is 25.0 Å². The fourth-order valence-corrected chi connectivity index (χ4v) is 4.75. The highest BCUT2D eigenvalue weighted by Crippen LogP contribution is 2.31. The number of hydrogen-bond acceptors (Lipinski definition) is 2. The van der Waals surface area contributed by atoms with Crippen molar-refractivity contribution in [1.29, 1.82) is 0 Å². The fourth-order valence-electron chi connectivity index (χ4n) is 4.43. The second-order valence-electron chi connectivity index (χ2n) is 8.46. The van der Waals surface area contributed by atoms with Gasteiger partial charge in [0.2, 0.25) is 0 Å².